The number of nitrogens with one attached hydrogen (secondary N) is 1. The number of carbonyl (C=O) groups is 1. The van der Waals surface area contributed by atoms with Gasteiger partial charge in [-0.05, 0) is 47.0 Å². The average molecular weight is 363 g/mol. The normalized spacial score (nSPS) is 16.9. The summed E-state index contributed by atoms with van der Waals surface area (Å²) in [6.07, 6.45) is 2.73. The Kier molecular flexibility index (Phi) is 4.66. The van der Waals surface area contributed by atoms with Crippen LogP contribution in [-0.4, -0.2) is 36.9 Å². The lowest BCUT2D eigenvalue weighted by molar-refractivity contribution is 0.0696. The first kappa shape index (κ1) is 15.3. The van der Waals surface area contributed by atoms with Gasteiger partial charge >= 0.3 is 16.2 Å². The lowest BCUT2D eigenvalue weighted by Crippen LogP contribution is -2.39. The molecule has 0 amide bonds. The van der Waals surface area contributed by atoms with E-state index in [0.29, 0.717) is 17.6 Å². The maximum atomic E-state index is 12.2. The van der Waals surface area contributed by atoms with Crippen molar-refractivity contribution in [3.05, 3.63) is 28.2 Å². The summed E-state index contributed by atoms with van der Waals surface area (Å²) in [6, 6.07) is 4.34. The standard InChI is InChI=1S/C12H15BrN2O4S/c13-11-5-4-9(8-10(11)12(16)17)14-20(18,19)15-6-2-1-3-7-15/h4-5,8,14H,1-3,6-7H2,(H,16,17). The van der Waals surface area contributed by atoms with E-state index in [0.717, 1.165) is 19.3 Å². The fourth-order valence-electron chi connectivity index (χ4n) is 2.07. The van der Waals surface area contributed by atoms with E-state index in [4.69, 9.17) is 5.11 Å². The first-order valence-electron chi connectivity index (χ1n) is 6.21. The molecule has 1 aromatic rings. The molecule has 0 aromatic heterocycles. The first-order chi connectivity index (χ1) is 9.40. The topological polar surface area (TPSA) is 86.7 Å². The molecule has 0 atom stereocenters. The molecule has 0 radical (unpaired) electrons. The molecule has 2 rings (SSSR count). The van der Waals surface area contributed by atoms with Crippen molar-refractivity contribution in [2.75, 3.05) is 17.8 Å². The lowest BCUT2D eigenvalue weighted by Gasteiger charge is -2.26. The minimum Gasteiger partial charge on any atom is -0.478 e. The summed E-state index contributed by atoms with van der Waals surface area (Å²) in [5.41, 5.74) is 0.264. The van der Waals surface area contributed by atoms with Gasteiger partial charge in [-0.15, -0.1) is 0 Å². The highest BCUT2D eigenvalue weighted by molar-refractivity contribution is 9.10. The Hall–Kier alpha value is -1.12. The number of halogens is 1. The number of hydrogen-bond donors (Lipinski definition) is 2. The Balaban J connectivity index is 2.20. The van der Waals surface area contributed by atoms with Crippen molar-refractivity contribution >= 4 is 37.8 Å². The van der Waals surface area contributed by atoms with E-state index in [-0.39, 0.29) is 11.3 Å². The molecule has 6 nitrogen and oxygen atoms in total. The van der Waals surface area contributed by atoms with Crippen LogP contribution >= 0.6 is 15.9 Å². The molecule has 1 fully saturated rings. The van der Waals surface area contributed by atoms with E-state index >= 15 is 0 Å². The summed E-state index contributed by atoms with van der Waals surface area (Å²) >= 11 is 3.12. The molecule has 1 aromatic carbocycles. The van der Waals surface area contributed by atoms with Gasteiger partial charge in [-0.25, -0.2) is 4.79 Å². The molecule has 1 heterocycles. The third kappa shape index (κ3) is 3.50. The summed E-state index contributed by atoms with van der Waals surface area (Å²) in [5.74, 6) is -1.11. The van der Waals surface area contributed by atoms with Gasteiger partial charge < -0.3 is 5.11 Å². The van der Waals surface area contributed by atoms with Crippen molar-refractivity contribution in [3.8, 4) is 0 Å². The number of rotatable bonds is 4. The largest absolute Gasteiger partial charge is 0.478 e. The van der Waals surface area contributed by atoms with Crippen LogP contribution in [0.25, 0.3) is 0 Å². The van der Waals surface area contributed by atoms with Crippen LogP contribution in [-0.2, 0) is 10.2 Å². The van der Waals surface area contributed by atoms with E-state index < -0.39 is 16.2 Å². The van der Waals surface area contributed by atoms with Gasteiger partial charge in [0.2, 0.25) is 0 Å². The number of benzene rings is 1. The predicted molar refractivity (Wildman–Crippen MR) is 79.1 cm³/mol. The van der Waals surface area contributed by atoms with E-state index in [2.05, 4.69) is 20.7 Å². The maximum Gasteiger partial charge on any atom is 0.336 e. The number of nitrogens with zero attached hydrogens (tertiary/aromatic N) is 1. The van der Waals surface area contributed by atoms with Crippen molar-refractivity contribution in [1.29, 1.82) is 0 Å². The second-order valence-corrected chi connectivity index (χ2v) is 7.09. The number of piperidine rings is 1. The number of carboxylic acid groups (broad SMARTS) is 1. The minimum atomic E-state index is -3.62. The quantitative estimate of drug-likeness (QED) is 0.859. The number of aromatic carboxylic acids is 1. The Labute approximate surface area is 126 Å². The van der Waals surface area contributed by atoms with Gasteiger partial charge in [-0.2, -0.15) is 12.7 Å². The van der Waals surface area contributed by atoms with E-state index in [1.54, 1.807) is 0 Å². The fraction of sp³-hybridized carbons (Fsp3) is 0.417. The number of anilines is 1. The summed E-state index contributed by atoms with van der Waals surface area (Å²) < 4.78 is 28.6. The second kappa shape index (κ2) is 6.11. The molecular formula is C12H15BrN2O4S. The maximum absolute atomic E-state index is 12.2. The first-order valence-corrected chi connectivity index (χ1v) is 8.44. The number of hydrogen-bond acceptors (Lipinski definition) is 3. The summed E-state index contributed by atoms with van der Waals surface area (Å²) in [6.45, 7) is 0.995. The van der Waals surface area contributed by atoms with Crippen LogP contribution in [0.15, 0.2) is 22.7 Å². The zero-order valence-corrected chi connectivity index (χ0v) is 13.1. The van der Waals surface area contributed by atoms with Crippen LogP contribution in [0.3, 0.4) is 0 Å². The summed E-state index contributed by atoms with van der Waals surface area (Å²) in [5, 5.41) is 9.02. The molecular weight excluding hydrogens is 348 g/mol. The molecule has 1 aliphatic rings. The smallest absolute Gasteiger partial charge is 0.336 e. The summed E-state index contributed by atoms with van der Waals surface area (Å²) in [4.78, 5) is 11.0. The van der Waals surface area contributed by atoms with Crippen LogP contribution in [0.5, 0.6) is 0 Å². The monoisotopic (exact) mass is 362 g/mol. The molecule has 0 spiro atoms. The van der Waals surface area contributed by atoms with Gasteiger partial charge in [0.15, 0.2) is 0 Å². The summed E-state index contributed by atoms with van der Waals surface area (Å²) in [7, 11) is -3.62. The van der Waals surface area contributed by atoms with Crippen LogP contribution in [0.4, 0.5) is 5.69 Å². The molecule has 20 heavy (non-hydrogen) atoms. The molecule has 1 aliphatic heterocycles. The van der Waals surface area contributed by atoms with Gasteiger partial charge in [-0.3, -0.25) is 4.72 Å². The van der Waals surface area contributed by atoms with Crippen LogP contribution in [0.1, 0.15) is 29.6 Å². The van der Waals surface area contributed by atoms with Crippen molar-refractivity contribution in [1.82, 2.24) is 4.31 Å². The highest BCUT2D eigenvalue weighted by Crippen LogP contribution is 2.23. The second-order valence-electron chi connectivity index (χ2n) is 4.57. The highest BCUT2D eigenvalue weighted by Gasteiger charge is 2.24. The Bertz CT molecular complexity index is 612. The Morgan fingerprint density at radius 2 is 1.90 bits per heavy atom. The Morgan fingerprint density at radius 1 is 1.25 bits per heavy atom. The fourth-order valence-corrected chi connectivity index (χ4v) is 3.78. The molecule has 0 unspecified atom stereocenters. The van der Waals surface area contributed by atoms with Crippen LogP contribution < -0.4 is 4.72 Å². The SMILES string of the molecule is O=C(O)c1cc(NS(=O)(=O)N2CCCCC2)ccc1Br. The number of carboxylic acids is 1. The molecule has 2 N–H and O–H groups in total. The van der Waals surface area contributed by atoms with Gasteiger partial charge in [0.1, 0.15) is 0 Å². The van der Waals surface area contributed by atoms with Crippen molar-refractivity contribution in [2.45, 2.75) is 19.3 Å². The van der Waals surface area contributed by atoms with Crippen LogP contribution in [0.2, 0.25) is 0 Å². The highest BCUT2D eigenvalue weighted by atomic mass is 79.9. The Morgan fingerprint density at radius 3 is 2.50 bits per heavy atom. The minimum absolute atomic E-state index is 0.0174. The van der Waals surface area contributed by atoms with Crippen molar-refractivity contribution in [2.24, 2.45) is 0 Å². The van der Waals surface area contributed by atoms with Crippen molar-refractivity contribution < 1.29 is 18.3 Å². The third-order valence-electron chi connectivity index (χ3n) is 3.10. The zero-order chi connectivity index (χ0) is 14.8. The van der Waals surface area contributed by atoms with E-state index in [1.165, 1.54) is 22.5 Å². The van der Waals surface area contributed by atoms with Gasteiger partial charge in [0.25, 0.3) is 0 Å². The molecule has 110 valence electrons. The zero-order valence-electron chi connectivity index (χ0n) is 10.7. The molecule has 1 saturated heterocycles. The molecule has 0 bridgehead atoms. The van der Waals surface area contributed by atoms with Gasteiger partial charge in [0, 0.05) is 17.6 Å². The molecule has 0 aliphatic carbocycles. The van der Waals surface area contributed by atoms with Crippen molar-refractivity contribution in [3.63, 3.8) is 0 Å². The predicted octanol–water partition coefficient (Wildman–Crippen LogP) is 2.29. The van der Waals surface area contributed by atoms with Gasteiger partial charge in [0.05, 0.1) is 11.3 Å². The van der Waals surface area contributed by atoms with E-state index in [9.17, 15) is 13.2 Å². The van der Waals surface area contributed by atoms with Crippen LogP contribution in [0, 0.1) is 0 Å². The molecule has 0 saturated carbocycles. The average Bonchev–Trinajstić information content (AvgIpc) is 2.41. The van der Waals surface area contributed by atoms with Gasteiger partial charge in [-0.1, -0.05) is 6.42 Å². The van der Waals surface area contributed by atoms with E-state index in [1.807, 2.05) is 0 Å². The lowest BCUT2D eigenvalue weighted by atomic mass is 10.2. The third-order valence-corrected chi connectivity index (χ3v) is 5.33. The molecule has 8 heteroatoms.